The zero-order valence-corrected chi connectivity index (χ0v) is 17.7. The molecule has 9 heteroatoms. The molecule has 29 heavy (non-hydrogen) atoms. The standard InChI is InChI=1S/C20H30N4O5/c1-13(25)22-15(18(27)24-11-7-9-16(24)17(26)21-5)12-14-8-6-10-23(14)19(28)29-20(2,3)4/h6,8,10,15-16H,7,9,11-12H2,1-5H3,(H,21,26)(H,22,25)/t15-,16-/m0/s1. The Hall–Kier alpha value is -2.84. The lowest BCUT2D eigenvalue weighted by atomic mass is 10.1. The summed E-state index contributed by atoms with van der Waals surface area (Å²) in [5.41, 5.74) is -0.135. The molecule has 0 aromatic carbocycles. The minimum atomic E-state index is -0.895. The van der Waals surface area contributed by atoms with Crippen LogP contribution in [0.4, 0.5) is 4.79 Å². The van der Waals surface area contributed by atoms with Crippen LogP contribution in [0.3, 0.4) is 0 Å². The van der Waals surface area contributed by atoms with Crippen LogP contribution in [0.2, 0.25) is 0 Å². The van der Waals surface area contributed by atoms with E-state index >= 15 is 0 Å². The lowest BCUT2D eigenvalue weighted by Crippen LogP contribution is -2.53. The number of hydrogen-bond acceptors (Lipinski definition) is 5. The van der Waals surface area contributed by atoms with Gasteiger partial charge in [-0.3, -0.25) is 19.0 Å². The predicted molar refractivity (Wildman–Crippen MR) is 106 cm³/mol. The summed E-state index contributed by atoms with van der Waals surface area (Å²) in [6, 6.07) is 1.93. The maximum absolute atomic E-state index is 13.2. The number of likely N-dealkylation sites (tertiary alicyclic amines) is 1. The van der Waals surface area contributed by atoms with Gasteiger partial charge in [0, 0.05) is 38.8 Å². The molecule has 3 amide bonds. The van der Waals surface area contributed by atoms with Gasteiger partial charge in [-0.1, -0.05) is 0 Å². The summed E-state index contributed by atoms with van der Waals surface area (Å²) >= 11 is 0. The summed E-state index contributed by atoms with van der Waals surface area (Å²) in [4.78, 5) is 50.9. The van der Waals surface area contributed by atoms with Gasteiger partial charge in [0.15, 0.2) is 0 Å². The molecule has 0 saturated carbocycles. The molecule has 2 atom stereocenters. The molecular weight excluding hydrogens is 376 g/mol. The van der Waals surface area contributed by atoms with Crippen molar-refractivity contribution in [1.29, 1.82) is 0 Å². The number of hydrogen-bond donors (Lipinski definition) is 2. The number of nitrogens with one attached hydrogen (secondary N) is 2. The summed E-state index contributed by atoms with van der Waals surface area (Å²) in [7, 11) is 1.53. The van der Waals surface area contributed by atoms with Crippen molar-refractivity contribution in [2.24, 2.45) is 0 Å². The van der Waals surface area contributed by atoms with Gasteiger partial charge in [-0.05, 0) is 45.7 Å². The van der Waals surface area contributed by atoms with Crippen molar-refractivity contribution in [1.82, 2.24) is 20.1 Å². The van der Waals surface area contributed by atoms with Crippen molar-refractivity contribution < 1.29 is 23.9 Å². The second kappa shape index (κ2) is 9.11. The average molecular weight is 406 g/mol. The normalized spacial score (nSPS) is 17.6. The summed E-state index contributed by atoms with van der Waals surface area (Å²) in [6.07, 6.45) is 2.39. The van der Waals surface area contributed by atoms with Crippen molar-refractivity contribution >= 4 is 23.8 Å². The molecule has 160 valence electrons. The van der Waals surface area contributed by atoms with Gasteiger partial charge in [-0.2, -0.15) is 0 Å². The molecule has 1 aliphatic heterocycles. The van der Waals surface area contributed by atoms with Crippen LogP contribution in [-0.4, -0.2) is 64.6 Å². The summed E-state index contributed by atoms with van der Waals surface area (Å²) in [5.74, 6) is -0.938. The lowest BCUT2D eigenvalue weighted by molar-refractivity contribution is -0.141. The second-order valence-electron chi connectivity index (χ2n) is 8.11. The highest BCUT2D eigenvalue weighted by molar-refractivity contribution is 5.92. The number of ether oxygens (including phenoxy) is 1. The molecule has 1 saturated heterocycles. The number of rotatable bonds is 5. The van der Waals surface area contributed by atoms with Crippen LogP contribution in [-0.2, 0) is 25.5 Å². The Labute approximate surface area is 170 Å². The Balaban J connectivity index is 2.23. The van der Waals surface area contributed by atoms with Crippen LogP contribution in [0.25, 0.3) is 0 Å². The minimum absolute atomic E-state index is 0.0988. The fourth-order valence-electron chi connectivity index (χ4n) is 3.40. The summed E-state index contributed by atoms with van der Waals surface area (Å²) < 4.78 is 6.72. The van der Waals surface area contributed by atoms with Crippen molar-refractivity contribution in [3.05, 3.63) is 24.0 Å². The van der Waals surface area contributed by atoms with Crippen LogP contribution in [0.5, 0.6) is 0 Å². The Morgan fingerprint density at radius 1 is 1.28 bits per heavy atom. The van der Waals surface area contributed by atoms with Gasteiger partial charge in [0.25, 0.3) is 0 Å². The van der Waals surface area contributed by atoms with Gasteiger partial charge < -0.3 is 20.3 Å². The minimum Gasteiger partial charge on any atom is -0.443 e. The molecule has 1 aliphatic rings. The summed E-state index contributed by atoms with van der Waals surface area (Å²) in [6.45, 7) is 7.07. The molecule has 9 nitrogen and oxygen atoms in total. The van der Waals surface area contributed by atoms with Gasteiger partial charge in [-0.25, -0.2) is 4.79 Å². The Bertz CT molecular complexity index is 780. The second-order valence-corrected chi connectivity index (χ2v) is 8.11. The fraction of sp³-hybridized carbons (Fsp3) is 0.600. The zero-order chi connectivity index (χ0) is 21.8. The lowest BCUT2D eigenvalue weighted by Gasteiger charge is -2.28. The molecule has 0 unspecified atom stereocenters. The van der Waals surface area contributed by atoms with E-state index < -0.39 is 23.8 Å². The van der Waals surface area contributed by atoms with E-state index in [-0.39, 0.29) is 24.1 Å². The first kappa shape index (κ1) is 22.4. The number of carbonyl (C=O) groups is 4. The van der Waals surface area contributed by atoms with E-state index in [0.717, 1.165) is 0 Å². The van der Waals surface area contributed by atoms with Gasteiger partial charge in [-0.15, -0.1) is 0 Å². The van der Waals surface area contributed by atoms with E-state index in [4.69, 9.17) is 4.74 Å². The fourth-order valence-corrected chi connectivity index (χ4v) is 3.40. The molecule has 1 fully saturated rings. The molecule has 2 N–H and O–H groups in total. The van der Waals surface area contributed by atoms with Crippen LogP contribution < -0.4 is 10.6 Å². The van der Waals surface area contributed by atoms with E-state index in [1.54, 1.807) is 39.1 Å². The molecule has 0 spiro atoms. The third-order valence-electron chi connectivity index (χ3n) is 4.60. The van der Waals surface area contributed by atoms with Crippen LogP contribution in [0, 0.1) is 0 Å². The largest absolute Gasteiger partial charge is 0.443 e. The van der Waals surface area contributed by atoms with E-state index in [9.17, 15) is 19.2 Å². The van der Waals surface area contributed by atoms with Crippen molar-refractivity contribution in [3.8, 4) is 0 Å². The highest BCUT2D eigenvalue weighted by Gasteiger charge is 2.37. The number of carbonyl (C=O) groups excluding carboxylic acids is 4. The van der Waals surface area contributed by atoms with Crippen LogP contribution in [0.1, 0.15) is 46.2 Å². The SMILES string of the molecule is CNC(=O)[C@@H]1CCCN1C(=O)[C@H](Cc1cccn1C(=O)OC(C)(C)C)NC(C)=O. The molecule has 0 bridgehead atoms. The zero-order valence-electron chi connectivity index (χ0n) is 17.7. The molecule has 0 radical (unpaired) electrons. The highest BCUT2D eigenvalue weighted by Crippen LogP contribution is 2.20. The number of nitrogens with zero attached hydrogens (tertiary/aromatic N) is 2. The Morgan fingerprint density at radius 2 is 1.97 bits per heavy atom. The first-order valence-corrected chi connectivity index (χ1v) is 9.72. The molecule has 2 heterocycles. The third kappa shape index (κ3) is 5.82. The van der Waals surface area contributed by atoms with E-state index in [1.807, 2.05) is 0 Å². The number of amides is 3. The van der Waals surface area contributed by atoms with Crippen molar-refractivity contribution in [3.63, 3.8) is 0 Å². The van der Waals surface area contributed by atoms with E-state index in [0.29, 0.717) is 25.1 Å². The van der Waals surface area contributed by atoms with Gasteiger partial charge in [0.2, 0.25) is 17.7 Å². The van der Waals surface area contributed by atoms with E-state index in [1.165, 1.54) is 23.4 Å². The monoisotopic (exact) mass is 406 g/mol. The van der Waals surface area contributed by atoms with Gasteiger partial charge >= 0.3 is 6.09 Å². The van der Waals surface area contributed by atoms with Crippen LogP contribution in [0.15, 0.2) is 18.3 Å². The topological polar surface area (TPSA) is 110 Å². The quantitative estimate of drug-likeness (QED) is 0.760. The van der Waals surface area contributed by atoms with Crippen LogP contribution >= 0.6 is 0 Å². The van der Waals surface area contributed by atoms with Gasteiger partial charge in [0.05, 0.1) is 0 Å². The maximum Gasteiger partial charge on any atom is 0.418 e. The third-order valence-corrected chi connectivity index (χ3v) is 4.60. The molecular formula is C20H30N4O5. The molecule has 1 aromatic rings. The van der Waals surface area contributed by atoms with Gasteiger partial charge in [0.1, 0.15) is 17.7 Å². The molecule has 2 rings (SSSR count). The molecule has 1 aromatic heterocycles. The highest BCUT2D eigenvalue weighted by atomic mass is 16.6. The average Bonchev–Trinajstić information content (AvgIpc) is 3.27. The first-order chi connectivity index (χ1) is 13.5. The number of aromatic nitrogens is 1. The van der Waals surface area contributed by atoms with Crippen molar-refractivity contribution in [2.45, 2.75) is 64.6 Å². The van der Waals surface area contributed by atoms with E-state index in [2.05, 4.69) is 10.6 Å². The Kier molecular flexibility index (Phi) is 7.05. The maximum atomic E-state index is 13.2. The molecule has 0 aliphatic carbocycles. The van der Waals surface area contributed by atoms with Crippen molar-refractivity contribution in [2.75, 3.05) is 13.6 Å². The first-order valence-electron chi connectivity index (χ1n) is 9.72. The summed E-state index contributed by atoms with van der Waals surface area (Å²) in [5, 5.41) is 5.24. The smallest absolute Gasteiger partial charge is 0.418 e. The number of likely N-dealkylation sites (N-methyl/N-ethyl adjacent to an activating group) is 1. The predicted octanol–water partition coefficient (Wildman–Crippen LogP) is 1.06. The Morgan fingerprint density at radius 3 is 2.55 bits per heavy atom.